The average molecular weight is 248 g/mol. The minimum atomic E-state index is -3.60. The van der Waals surface area contributed by atoms with Gasteiger partial charge in [-0.3, -0.25) is 0 Å². The van der Waals surface area contributed by atoms with Crippen LogP contribution in [0.1, 0.15) is 5.56 Å². The molecule has 0 atom stereocenters. The number of hydrogen-bond acceptors (Lipinski definition) is 3. The van der Waals surface area contributed by atoms with Gasteiger partial charge in [-0.2, -0.15) is 8.42 Å². The summed E-state index contributed by atoms with van der Waals surface area (Å²) in [5.41, 5.74) is 1.03. The maximum Gasteiger partial charge on any atom is 0.306 e. The Bertz CT molecular complexity index is 427. The van der Waals surface area contributed by atoms with Crippen LogP contribution in [-0.4, -0.2) is 27.2 Å². The molecular formula is C10H16O3S2. The molecule has 0 aromatic heterocycles. The fourth-order valence-corrected chi connectivity index (χ4v) is 3.95. The molecular weight excluding hydrogens is 232 g/mol. The molecule has 0 saturated carbocycles. The number of rotatable bonds is 3. The van der Waals surface area contributed by atoms with Gasteiger partial charge in [0, 0.05) is 0 Å². The Morgan fingerprint density at radius 2 is 1.47 bits per heavy atom. The van der Waals surface area contributed by atoms with Crippen molar-refractivity contribution in [1.82, 2.24) is 0 Å². The molecule has 15 heavy (non-hydrogen) atoms. The molecule has 0 amide bonds. The van der Waals surface area contributed by atoms with Crippen molar-refractivity contribution in [3.63, 3.8) is 0 Å². The van der Waals surface area contributed by atoms with Crippen LogP contribution < -0.4 is 0 Å². The molecule has 0 aliphatic rings. The standard InChI is InChI=1S/C10H16O3S2/c1-9-5-7-10(8-6-9)15(11,12)13-14(2,3)4/h5-8H,1-4H3. The Labute approximate surface area is 93.1 Å². The van der Waals surface area contributed by atoms with E-state index in [0.29, 0.717) is 0 Å². The lowest BCUT2D eigenvalue weighted by atomic mass is 10.2. The minimum Gasteiger partial charge on any atom is -0.217 e. The Balaban J connectivity index is 3.02. The molecule has 0 spiro atoms. The van der Waals surface area contributed by atoms with Crippen molar-refractivity contribution < 1.29 is 12.0 Å². The van der Waals surface area contributed by atoms with E-state index in [1.54, 1.807) is 43.0 Å². The molecule has 3 nitrogen and oxygen atoms in total. The molecule has 0 heterocycles. The van der Waals surface area contributed by atoms with Gasteiger partial charge in [0.2, 0.25) is 0 Å². The highest BCUT2D eigenvalue weighted by molar-refractivity contribution is 8.31. The van der Waals surface area contributed by atoms with E-state index in [1.807, 2.05) is 6.92 Å². The molecule has 0 aliphatic carbocycles. The first kappa shape index (κ1) is 12.5. The van der Waals surface area contributed by atoms with Gasteiger partial charge in [-0.25, -0.2) is 3.63 Å². The number of aryl methyl sites for hydroxylation is 1. The van der Waals surface area contributed by atoms with Crippen LogP contribution >= 0.6 is 10.3 Å². The predicted molar refractivity (Wildman–Crippen MR) is 64.8 cm³/mol. The molecule has 0 unspecified atom stereocenters. The first-order valence-corrected chi connectivity index (χ1v) is 8.61. The van der Waals surface area contributed by atoms with Gasteiger partial charge >= 0.3 is 10.1 Å². The lowest BCUT2D eigenvalue weighted by Gasteiger charge is -2.23. The summed E-state index contributed by atoms with van der Waals surface area (Å²) in [7, 11) is -5.13. The third-order valence-corrected chi connectivity index (χ3v) is 4.80. The third-order valence-electron chi connectivity index (χ3n) is 1.60. The second-order valence-corrected chi connectivity index (χ2v) is 9.43. The van der Waals surface area contributed by atoms with E-state index in [9.17, 15) is 8.42 Å². The topological polar surface area (TPSA) is 43.4 Å². The van der Waals surface area contributed by atoms with Gasteiger partial charge in [-0.05, 0) is 37.8 Å². The maximum atomic E-state index is 11.8. The zero-order chi connectivity index (χ0) is 11.7. The molecule has 1 rings (SSSR count). The van der Waals surface area contributed by atoms with Crippen molar-refractivity contribution in [2.45, 2.75) is 11.8 Å². The third kappa shape index (κ3) is 3.85. The smallest absolute Gasteiger partial charge is 0.217 e. The highest BCUT2D eigenvalue weighted by Gasteiger charge is 2.20. The molecule has 0 bridgehead atoms. The van der Waals surface area contributed by atoms with Gasteiger partial charge < -0.3 is 0 Å². The van der Waals surface area contributed by atoms with E-state index >= 15 is 0 Å². The van der Waals surface area contributed by atoms with Crippen LogP contribution in [0, 0.1) is 6.92 Å². The van der Waals surface area contributed by atoms with Crippen molar-refractivity contribution in [3.05, 3.63) is 29.8 Å². The van der Waals surface area contributed by atoms with E-state index in [2.05, 4.69) is 0 Å². The molecule has 5 heteroatoms. The summed E-state index contributed by atoms with van der Waals surface area (Å²) in [5.74, 6) is 0. The maximum absolute atomic E-state index is 11.8. The average Bonchev–Trinajstić information content (AvgIpc) is 2.00. The zero-order valence-corrected chi connectivity index (χ0v) is 11.0. The van der Waals surface area contributed by atoms with Crippen molar-refractivity contribution >= 4 is 20.4 Å². The summed E-state index contributed by atoms with van der Waals surface area (Å²) in [6, 6.07) is 6.65. The van der Waals surface area contributed by atoms with E-state index < -0.39 is 20.4 Å². The van der Waals surface area contributed by atoms with E-state index in [1.165, 1.54) is 0 Å². The van der Waals surface area contributed by atoms with E-state index in [0.717, 1.165) is 5.56 Å². The lowest BCUT2D eigenvalue weighted by molar-refractivity contribution is 0.513. The Kier molecular flexibility index (Phi) is 3.48. The predicted octanol–water partition coefficient (Wildman–Crippen LogP) is 2.31. The molecule has 0 saturated heterocycles. The van der Waals surface area contributed by atoms with Gasteiger partial charge in [0.1, 0.15) is 0 Å². The van der Waals surface area contributed by atoms with Gasteiger partial charge in [0.15, 0.2) is 0 Å². The van der Waals surface area contributed by atoms with Crippen LogP contribution in [0.25, 0.3) is 0 Å². The van der Waals surface area contributed by atoms with Crippen molar-refractivity contribution in [2.24, 2.45) is 0 Å². The highest BCUT2D eigenvalue weighted by atomic mass is 32.3. The first-order valence-electron chi connectivity index (χ1n) is 4.42. The quantitative estimate of drug-likeness (QED) is 0.824. The summed E-state index contributed by atoms with van der Waals surface area (Å²) < 4.78 is 28.6. The number of hydrogen-bond donors (Lipinski definition) is 0. The van der Waals surface area contributed by atoms with Gasteiger partial charge in [-0.15, -0.1) is 10.3 Å². The first-order chi connectivity index (χ1) is 6.71. The van der Waals surface area contributed by atoms with Crippen LogP contribution in [0.15, 0.2) is 29.2 Å². The van der Waals surface area contributed by atoms with E-state index in [-0.39, 0.29) is 4.90 Å². The lowest BCUT2D eigenvalue weighted by Crippen LogP contribution is -2.09. The van der Waals surface area contributed by atoms with Crippen LogP contribution in [0.2, 0.25) is 0 Å². The van der Waals surface area contributed by atoms with E-state index in [4.69, 9.17) is 3.63 Å². The SMILES string of the molecule is Cc1ccc(S(=O)(=O)OS(C)(C)C)cc1. The van der Waals surface area contributed by atoms with Crippen LogP contribution in [0.4, 0.5) is 0 Å². The fourth-order valence-electron chi connectivity index (χ4n) is 1.01. The second kappa shape index (κ2) is 4.15. The molecule has 0 N–H and O–H groups in total. The van der Waals surface area contributed by atoms with Crippen LogP contribution in [0.3, 0.4) is 0 Å². The molecule has 1 aromatic rings. The van der Waals surface area contributed by atoms with Crippen LogP contribution in [0.5, 0.6) is 0 Å². The second-order valence-electron chi connectivity index (χ2n) is 4.06. The highest BCUT2D eigenvalue weighted by Crippen LogP contribution is 2.39. The Morgan fingerprint density at radius 1 is 1.00 bits per heavy atom. The molecule has 0 fully saturated rings. The summed E-state index contributed by atoms with van der Waals surface area (Å²) in [6.45, 7) is 1.91. The largest absolute Gasteiger partial charge is 0.306 e. The molecule has 0 radical (unpaired) electrons. The Hall–Kier alpha value is -0.520. The zero-order valence-electron chi connectivity index (χ0n) is 9.35. The minimum absolute atomic E-state index is 0.218. The van der Waals surface area contributed by atoms with Crippen LogP contribution in [-0.2, 0) is 13.7 Å². The van der Waals surface area contributed by atoms with Crippen molar-refractivity contribution in [1.29, 1.82) is 0 Å². The normalized spacial score (nSPS) is 13.9. The Morgan fingerprint density at radius 3 is 1.87 bits per heavy atom. The monoisotopic (exact) mass is 248 g/mol. The van der Waals surface area contributed by atoms with Crippen molar-refractivity contribution in [2.75, 3.05) is 18.8 Å². The summed E-state index contributed by atoms with van der Waals surface area (Å²) >= 11 is 0. The summed E-state index contributed by atoms with van der Waals surface area (Å²) in [4.78, 5) is 0.218. The molecule has 1 aromatic carbocycles. The summed E-state index contributed by atoms with van der Waals surface area (Å²) in [5, 5.41) is 0. The molecule has 0 aliphatic heterocycles. The number of benzene rings is 1. The molecule has 86 valence electrons. The van der Waals surface area contributed by atoms with Crippen molar-refractivity contribution in [3.8, 4) is 0 Å². The fraction of sp³-hybridized carbons (Fsp3) is 0.400. The van der Waals surface area contributed by atoms with Gasteiger partial charge in [0.25, 0.3) is 0 Å². The summed E-state index contributed by atoms with van der Waals surface area (Å²) in [6.07, 6.45) is 5.37. The van der Waals surface area contributed by atoms with Gasteiger partial charge in [-0.1, -0.05) is 17.7 Å². The van der Waals surface area contributed by atoms with Gasteiger partial charge in [0.05, 0.1) is 4.90 Å².